The first-order valence-corrected chi connectivity index (χ1v) is 10.5. The number of hydrogen-bond acceptors (Lipinski definition) is 5. The summed E-state index contributed by atoms with van der Waals surface area (Å²) in [7, 11) is 0. The van der Waals surface area contributed by atoms with E-state index in [1.807, 2.05) is 0 Å². The van der Waals surface area contributed by atoms with Gasteiger partial charge in [-0.15, -0.1) is 0 Å². The fraction of sp³-hybridized carbons (Fsp3) is 0. The Bertz CT molecular complexity index is 1350. The van der Waals surface area contributed by atoms with Gasteiger partial charge in [-0.05, 0) is 72.4 Å². The molecule has 32 heavy (non-hydrogen) atoms. The van der Waals surface area contributed by atoms with Gasteiger partial charge in [-0.2, -0.15) is 0 Å². The Morgan fingerprint density at radius 3 is 2.56 bits per heavy atom. The van der Waals surface area contributed by atoms with E-state index >= 15 is 0 Å². The largest absolute Gasteiger partial charge is 0.507 e. The number of carbonyl (C=O) groups is 1. The summed E-state index contributed by atoms with van der Waals surface area (Å²) >= 11 is 17.0. The molecule has 1 amide bonds. The lowest BCUT2D eigenvalue weighted by Gasteiger charge is -2.10. The number of carbonyl (C=O) groups excluding carboxylic acids is 1. The summed E-state index contributed by atoms with van der Waals surface area (Å²) < 4.78 is 5.72. The van der Waals surface area contributed by atoms with Crippen LogP contribution in [0.15, 0.2) is 71.2 Å². The number of oxazole rings is 1. The van der Waals surface area contributed by atoms with Crippen LogP contribution in [0, 0.1) is 0 Å². The quantitative estimate of drug-likeness (QED) is 0.186. The van der Waals surface area contributed by atoms with Crippen molar-refractivity contribution in [1.82, 2.24) is 10.3 Å². The van der Waals surface area contributed by atoms with Gasteiger partial charge in [0.25, 0.3) is 0 Å². The molecule has 0 saturated carbocycles. The van der Waals surface area contributed by atoms with Gasteiger partial charge < -0.3 is 14.8 Å². The molecule has 0 fully saturated rings. The van der Waals surface area contributed by atoms with E-state index < -0.39 is 5.91 Å². The van der Waals surface area contributed by atoms with E-state index in [0.717, 1.165) is 5.56 Å². The Labute approximate surface area is 198 Å². The molecule has 6 nitrogen and oxygen atoms in total. The van der Waals surface area contributed by atoms with Crippen molar-refractivity contribution in [2.75, 3.05) is 5.32 Å². The number of nitrogens with zero attached hydrogens (tertiary/aromatic N) is 1. The maximum Gasteiger partial charge on any atom is 0.250 e. The van der Waals surface area contributed by atoms with Crippen LogP contribution in [0.3, 0.4) is 0 Å². The van der Waals surface area contributed by atoms with Gasteiger partial charge in [0.15, 0.2) is 10.7 Å². The number of amides is 1. The number of thiocarbonyl (C=S) groups is 1. The highest BCUT2D eigenvalue weighted by Crippen LogP contribution is 2.33. The zero-order valence-corrected chi connectivity index (χ0v) is 18.6. The molecule has 9 heteroatoms. The lowest BCUT2D eigenvalue weighted by molar-refractivity contribution is -0.115. The van der Waals surface area contributed by atoms with E-state index in [9.17, 15) is 9.90 Å². The monoisotopic (exact) mass is 483 g/mol. The second kappa shape index (κ2) is 9.40. The van der Waals surface area contributed by atoms with Crippen molar-refractivity contribution in [2.24, 2.45) is 0 Å². The second-order valence-electron chi connectivity index (χ2n) is 6.69. The highest BCUT2D eigenvalue weighted by Gasteiger charge is 2.14. The number of halogens is 2. The van der Waals surface area contributed by atoms with Crippen molar-refractivity contribution < 1.29 is 14.3 Å². The molecule has 4 rings (SSSR count). The van der Waals surface area contributed by atoms with E-state index in [0.29, 0.717) is 32.4 Å². The van der Waals surface area contributed by atoms with Crippen LogP contribution in [0.1, 0.15) is 5.56 Å². The molecule has 4 aromatic rings. The summed E-state index contributed by atoms with van der Waals surface area (Å²) in [5.41, 5.74) is 2.83. The molecule has 0 bridgehead atoms. The molecule has 0 aliphatic heterocycles. The van der Waals surface area contributed by atoms with Crippen LogP contribution in [0.25, 0.3) is 28.6 Å². The zero-order chi connectivity index (χ0) is 22.7. The van der Waals surface area contributed by atoms with Gasteiger partial charge in [-0.1, -0.05) is 35.3 Å². The van der Waals surface area contributed by atoms with Gasteiger partial charge in [-0.25, -0.2) is 4.98 Å². The minimum Gasteiger partial charge on any atom is -0.507 e. The topological polar surface area (TPSA) is 87.4 Å². The van der Waals surface area contributed by atoms with E-state index in [1.165, 1.54) is 12.1 Å². The van der Waals surface area contributed by atoms with Gasteiger partial charge in [0.05, 0.1) is 5.56 Å². The van der Waals surface area contributed by atoms with E-state index in [-0.39, 0.29) is 16.8 Å². The predicted molar refractivity (Wildman–Crippen MR) is 131 cm³/mol. The molecule has 0 atom stereocenters. The van der Waals surface area contributed by atoms with Crippen LogP contribution in [-0.2, 0) is 4.79 Å². The number of benzene rings is 3. The van der Waals surface area contributed by atoms with Crippen molar-refractivity contribution in [1.29, 1.82) is 0 Å². The van der Waals surface area contributed by atoms with Gasteiger partial charge in [0.1, 0.15) is 11.3 Å². The fourth-order valence-electron chi connectivity index (χ4n) is 2.86. The average molecular weight is 484 g/mol. The van der Waals surface area contributed by atoms with Crippen LogP contribution in [0.2, 0.25) is 10.0 Å². The number of rotatable bonds is 4. The lowest BCUT2D eigenvalue weighted by atomic mass is 10.1. The Morgan fingerprint density at radius 2 is 1.78 bits per heavy atom. The molecular formula is C23H15Cl2N3O3S. The molecule has 3 aromatic carbocycles. The maximum absolute atomic E-state index is 12.1. The minimum absolute atomic E-state index is 0.0194. The Hall–Kier alpha value is -3.39. The predicted octanol–water partition coefficient (Wildman–Crippen LogP) is 6.03. The summed E-state index contributed by atoms with van der Waals surface area (Å²) in [6, 6.07) is 16.8. The zero-order valence-electron chi connectivity index (χ0n) is 16.3. The number of aromatic nitrogens is 1. The first-order chi connectivity index (χ1) is 15.4. The van der Waals surface area contributed by atoms with Gasteiger partial charge in [0.2, 0.25) is 11.8 Å². The van der Waals surface area contributed by atoms with Crippen molar-refractivity contribution in [3.63, 3.8) is 0 Å². The molecule has 0 spiro atoms. The Kier molecular flexibility index (Phi) is 6.41. The number of aromatic hydroxyl groups is 1. The highest BCUT2D eigenvalue weighted by molar-refractivity contribution is 7.80. The van der Waals surface area contributed by atoms with E-state index in [4.69, 9.17) is 39.8 Å². The Morgan fingerprint density at radius 1 is 1.03 bits per heavy atom. The molecule has 3 N–H and O–H groups in total. The van der Waals surface area contributed by atoms with Gasteiger partial charge in [-0.3, -0.25) is 10.1 Å². The first kappa shape index (κ1) is 21.8. The van der Waals surface area contributed by atoms with Crippen molar-refractivity contribution >= 4 is 69.3 Å². The van der Waals surface area contributed by atoms with Crippen LogP contribution < -0.4 is 10.6 Å². The molecule has 1 aromatic heterocycles. The number of hydrogen-bond donors (Lipinski definition) is 3. The molecule has 0 aliphatic rings. The third-order valence-electron chi connectivity index (χ3n) is 4.37. The molecule has 160 valence electrons. The summed E-state index contributed by atoms with van der Waals surface area (Å²) in [5.74, 6) is -0.189. The van der Waals surface area contributed by atoms with Gasteiger partial charge in [0, 0.05) is 21.8 Å². The van der Waals surface area contributed by atoms with Crippen LogP contribution in [-0.4, -0.2) is 21.1 Å². The second-order valence-corrected chi connectivity index (χ2v) is 7.97. The summed E-state index contributed by atoms with van der Waals surface area (Å²) in [4.78, 5) is 16.5. The van der Waals surface area contributed by atoms with Crippen LogP contribution >= 0.6 is 35.4 Å². The minimum atomic E-state index is -0.396. The summed E-state index contributed by atoms with van der Waals surface area (Å²) in [6.45, 7) is 0. The number of phenolic OH excluding ortho intramolecular Hbond substituents is 1. The number of phenols is 1. The number of nitrogens with one attached hydrogen (secondary N) is 2. The van der Waals surface area contributed by atoms with Crippen molar-refractivity contribution in [3.05, 3.63) is 82.3 Å². The third kappa shape index (κ3) is 5.26. The number of fused-ring (bicyclic) bond motifs is 1. The smallest absolute Gasteiger partial charge is 0.250 e. The highest BCUT2D eigenvalue weighted by atomic mass is 35.5. The summed E-state index contributed by atoms with van der Waals surface area (Å²) in [5, 5.41) is 17.0. The Balaban J connectivity index is 1.45. The molecular weight excluding hydrogens is 469 g/mol. The summed E-state index contributed by atoms with van der Waals surface area (Å²) in [6.07, 6.45) is 3.01. The lowest BCUT2D eigenvalue weighted by Crippen LogP contribution is -2.32. The fourth-order valence-corrected chi connectivity index (χ4v) is 3.37. The van der Waals surface area contributed by atoms with E-state index in [1.54, 1.807) is 60.7 Å². The SMILES string of the molecule is O=C(/C=C/c1ccc(Cl)cc1)NC(=S)Nc1ccc(O)c(-c2nc3cc(Cl)ccc3o2)c1. The molecule has 0 radical (unpaired) electrons. The molecule has 0 saturated heterocycles. The van der Waals surface area contributed by atoms with Crippen LogP contribution in [0.4, 0.5) is 5.69 Å². The molecule has 0 unspecified atom stereocenters. The standard InChI is InChI=1S/C23H15Cl2N3O3S/c24-14-4-1-13(2-5-14)3-10-21(30)28-23(32)26-16-7-8-19(29)17(12-16)22-27-18-11-15(25)6-9-20(18)31-22/h1-12,29H,(H2,26,28,30,32)/b10-3+. The molecule has 1 heterocycles. The van der Waals surface area contributed by atoms with E-state index in [2.05, 4.69) is 15.6 Å². The normalized spacial score (nSPS) is 11.1. The number of anilines is 1. The van der Waals surface area contributed by atoms with Gasteiger partial charge >= 0.3 is 0 Å². The maximum atomic E-state index is 12.1. The van der Waals surface area contributed by atoms with Crippen LogP contribution in [0.5, 0.6) is 5.75 Å². The molecule has 0 aliphatic carbocycles. The van der Waals surface area contributed by atoms with Crippen molar-refractivity contribution in [3.8, 4) is 17.2 Å². The average Bonchev–Trinajstić information content (AvgIpc) is 3.17. The van der Waals surface area contributed by atoms with Crippen molar-refractivity contribution in [2.45, 2.75) is 0 Å². The first-order valence-electron chi connectivity index (χ1n) is 9.32. The third-order valence-corrected chi connectivity index (χ3v) is 5.06.